The molecule has 2 N–H and O–H groups in total. The van der Waals surface area contributed by atoms with Gasteiger partial charge in [-0.3, -0.25) is 9.69 Å². The number of nitrogens with one attached hydrogen (secondary N) is 2. The predicted molar refractivity (Wildman–Crippen MR) is 94.3 cm³/mol. The zero-order valence-electron chi connectivity index (χ0n) is 13.9. The Morgan fingerprint density at radius 2 is 2.13 bits per heavy atom. The number of hydrogen-bond donors (Lipinski definition) is 2. The Morgan fingerprint density at radius 1 is 1.39 bits per heavy atom. The minimum Gasteiger partial charge on any atom is -0.495 e. The predicted octanol–water partition coefficient (Wildman–Crippen LogP) is 2.61. The first-order valence-corrected chi connectivity index (χ1v) is 8.50. The van der Waals surface area contributed by atoms with Crippen LogP contribution in [0.5, 0.6) is 5.75 Å². The summed E-state index contributed by atoms with van der Waals surface area (Å²) in [6, 6.07) is 5.21. The van der Waals surface area contributed by atoms with Crippen LogP contribution in [0.4, 0.5) is 5.69 Å². The standard InChI is InChI=1S/C17H26ClN3O2/c1-19-8-5-13-6-9-21(10-7-13)12-17(22)20-15-11-14(18)3-4-16(15)23-2/h3-4,11,13,19H,5-10,12H2,1-2H3,(H,20,22). The SMILES string of the molecule is CNCCC1CCN(CC(=O)Nc2cc(Cl)ccc2OC)CC1. The van der Waals surface area contributed by atoms with E-state index in [-0.39, 0.29) is 5.91 Å². The number of methoxy groups -OCH3 is 1. The highest BCUT2D eigenvalue weighted by molar-refractivity contribution is 6.31. The maximum absolute atomic E-state index is 12.3. The van der Waals surface area contributed by atoms with Crippen molar-refractivity contribution in [2.45, 2.75) is 19.3 Å². The first-order valence-electron chi connectivity index (χ1n) is 8.12. The van der Waals surface area contributed by atoms with Crippen LogP contribution < -0.4 is 15.4 Å². The van der Waals surface area contributed by atoms with Crippen molar-refractivity contribution in [3.05, 3.63) is 23.2 Å². The molecule has 0 unspecified atom stereocenters. The summed E-state index contributed by atoms with van der Waals surface area (Å²) in [6.45, 7) is 3.44. The second-order valence-electron chi connectivity index (χ2n) is 6.00. The number of benzene rings is 1. The molecule has 6 heteroatoms. The van der Waals surface area contributed by atoms with Gasteiger partial charge in [0.25, 0.3) is 0 Å². The molecule has 0 spiro atoms. The van der Waals surface area contributed by atoms with Gasteiger partial charge in [-0.05, 0) is 70.1 Å². The molecular formula is C17H26ClN3O2. The maximum atomic E-state index is 12.3. The summed E-state index contributed by atoms with van der Waals surface area (Å²) >= 11 is 5.98. The van der Waals surface area contributed by atoms with Crippen molar-refractivity contribution in [1.29, 1.82) is 0 Å². The highest BCUT2D eigenvalue weighted by Crippen LogP contribution is 2.27. The third kappa shape index (κ3) is 5.68. The molecule has 5 nitrogen and oxygen atoms in total. The number of piperidine rings is 1. The monoisotopic (exact) mass is 339 g/mol. The second kappa shape index (κ2) is 9.11. The second-order valence-corrected chi connectivity index (χ2v) is 6.44. The third-order valence-electron chi connectivity index (χ3n) is 4.31. The maximum Gasteiger partial charge on any atom is 0.238 e. The first-order chi connectivity index (χ1) is 11.1. The Labute approximate surface area is 143 Å². The summed E-state index contributed by atoms with van der Waals surface area (Å²) in [4.78, 5) is 14.5. The van der Waals surface area contributed by atoms with Crippen LogP contribution in [0.25, 0.3) is 0 Å². The van der Waals surface area contributed by atoms with Gasteiger partial charge in [-0.15, -0.1) is 0 Å². The number of hydrogen-bond acceptors (Lipinski definition) is 4. The molecule has 1 aromatic rings. The highest BCUT2D eigenvalue weighted by atomic mass is 35.5. The summed E-state index contributed by atoms with van der Waals surface area (Å²) < 4.78 is 5.25. The quantitative estimate of drug-likeness (QED) is 0.801. The molecule has 1 saturated heterocycles. The van der Waals surface area contributed by atoms with Crippen LogP contribution in [0.15, 0.2) is 18.2 Å². The molecule has 0 radical (unpaired) electrons. The van der Waals surface area contributed by atoms with Gasteiger partial charge in [0.1, 0.15) is 5.75 Å². The van der Waals surface area contributed by atoms with Crippen molar-refractivity contribution in [3.8, 4) is 5.75 Å². The molecule has 1 aliphatic rings. The fraction of sp³-hybridized carbons (Fsp3) is 0.588. The third-order valence-corrected chi connectivity index (χ3v) is 4.55. The highest BCUT2D eigenvalue weighted by Gasteiger charge is 2.20. The van der Waals surface area contributed by atoms with Crippen LogP contribution in [0.2, 0.25) is 5.02 Å². The molecule has 1 aromatic carbocycles. The minimum absolute atomic E-state index is 0.0285. The van der Waals surface area contributed by atoms with Gasteiger partial charge in [0, 0.05) is 5.02 Å². The van der Waals surface area contributed by atoms with E-state index >= 15 is 0 Å². The Balaban J connectivity index is 1.81. The molecule has 1 amide bonds. The Bertz CT molecular complexity index is 517. The Hall–Kier alpha value is -1.30. The fourth-order valence-corrected chi connectivity index (χ4v) is 3.12. The summed E-state index contributed by atoms with van der Waals surface area (Å²) in [5, 5.41) is 6.67. The number of carbonyl (C=O) groups excluding carboxylic acids is 1. The van der Waals surface area contributed by atoms with E-state index in [4.69, 9.17) is 16.3 Å². The van der Waals surface area contributed by atoms with E-state index in [1.807, 2.05) is 7.05 Å². The average Bonchev–Trinajstić information content (AvgIpc) is 2.54. The molecular weight excluding hydrogens is 314 g/mol. The van der Waals surface area contributed by atoms with Crippen LogP contribution in [-0.2, 0) is 4.79 Å². The van der Waals surface area contributed by atoms with Crippen molar-refractivity contribution in [2.24, 2.45) is 5.92 Å². The normalized spacial score (nSPS) is 16.3. The first kappa shape index (κ1) is 18.0. The van der Waals surface area contributed by atoms with E-state index in [1.165, 1.54) is 6.42 Å². The topological polar surface area (TPSA) is 53.6 Å². The van der Waals surface area contributed by atoms with Gasteiger partial charge in [0.15, 0.2) is 0 Å². The minimum atomic E-state index is -0.0285. The zero-order chi connectivity index (χ0) is 16.7. The van der Waals surface area contributed by atoms with E-state index in [2.05, 4.69) is 15.5 Å². The molecule has 0 saturated carbocycles. The zero-order valence-corrected chi connectivity index (χ0v) is 14.7. The van der Waals surface area contributed by atoms with E-state index in [9.17, 15) is 4.79 Å². The molecule has 1 fully saturated rings. The average molecular weight is 340 g/mol. The molecule has 128 valence electrons. The Kier molecular flexibility index (Phi) is 7.15. The van der Waals surface area contributed by atoms with Crippen LogP contribution >= 0.6 is 11.6 Å². The number of halogens is 1. The van der Waals surface area contributed by atoms with Crippen LogP contribution in [0.3, 0.4) is 0 Å². The van der Waals surface area contributed by atoms with Gasteiger partial charge in [0.05, 0.1) is 19.3 Å². The summed E-state index contributed by atoms with van der Waals surface area (Å²) in [6.07, 6.45) is 3.54. The van der Waals surface area contributed by atoms with E-state index in [0.29, 0.717) is 23.0 Å². The van der Waals surface area contributed by atoms with Gasteiger partial charge in [-0.1, -0.05) is 11.6 Å². The van der Waals surface area contributed by atoms with E-state index in [1.54, 1.807) is 25.3 Å². The van der Waals surface area contributed by atoms with Crippen LogP contribution in [-0.4, -0.2) is 51.1 Å². The largest absolute Gasteiger partial charge is 0.495 e. The summed E-state index contributed by atoms with van der Waals surface area (Å²) in [5.41, 5.74) is 0.619. The fourth-order valence-electron chi connectivity index (χ4n) is 2.95. The number of amides is 1. The van der Waals surface area contributed by atoms with Gasteiger partial charge < -0.3 is 15.4 Å². The molecule has 0 bridgehead atoms. The molecule has 0 atom stereocenters. The lowest BCUT2D eigenvalue weighted by atomic mass is 9.93. The molecule has 0 aliphatic carbocycles. The number of ether oxygens (including phenoxy) is 1. The molecule has 1 heterocycles. The van der Waals surface area contributed by atoms with Gasteiger partial charge in [0.2, 0.25) is 5.91 Å². The van der Waals surface area contributed by atoms with Gasteiger partial charge >= 0.3 is 0 Å². The van der Waals surface area contributed by atoms with Crippen molar-refractivity contribution >= 4 is 23.2 Å². The lowest BCUT2D eigenvalue weighted by molar-refractivity contribution is -0.117. The lowest BCUT2D eigenvalue weighted by Crippen LogP contribution is -2.39. The molecule has 2 rings (SSSR count). The Morgan fingerprint density at radius 3 is 2.78 bits per heavy atom. The number of carbonyl (C=O) groups is 1. The van der Waals surface area contributed by atoms with Gasteiger partial charge in [-0.2, -0.15) is 0 Å². The van der Waals surface area contributed by atoms with Crippen molar-refractivity contribution in [3.63, 3.8) is 0 Å². The lowest BCUT2D eigenvalue weighted by Gasteiger charge is -2.31. The number of likely N-dealkylation sites (tertiary alicyclic amines) is 1. The van der Waals surface area contributed by atoms with Crippen molar-refractivity contribution in [2.75, 3.05) is 45.7 Å². The number of anilines is 1. The summed E-state index contributed by atoms with van der Waals surface area (Å²) in [5.74, 6) is 1.36. The van der Waals surface area contributed by atoms with Crippen LogP contribution in [0.1, 0.15) is 19.3 Å². The van der Waals surface area contributed by atoms with E-state index < -0.39 is 0 Å². The molecule has 0 aromatic heterocycles. The smallest absolute Gasteiger partial charge is 0.238 e. The van der Waals surface area contributed by atoms with Crippen LogP contribution in [0, 0.1) is 5.92 Å². The molecule has 1 aliphatic heterocycles. The number of nitrogens with zero attached hydrogens (tertiary/aromatic N) is 1. The van der Waals surface area contributed by atoms with Crippen molar-refractivity contribution in [1.82, 2.24) is 10.2 Å². The van der Waals surface area contributed by atoms with E-state index in [0.717, 1.165) is 38.4 Å². The number of rotatable bonds is 7. The van der Waals surface area contributed by atoms with Gasteiger partial charge in [-0.25, -0.2) is 0 Å². The van der Waals surface area contributed by atoms with Crippen molar-refractivity contribution < 1.29 is 9.53 Å². The summed E-state index contributed by atoms with van der Waals surface area (Å²) in [7, 11) is 3.57. The molecule has 23 heavy (non-hydrogen) atoms.